The summed E-state index contributed by atoms with van der Waals surface area (Å²) in [5.41, 5.74) is 2.80. The van der Waals surface area contributed by atoms with E-state index in [1.165, 1.54) is 7.05 Å². The minimum Gasteiger partial charge on any atom is -0.365 e. The molecule has 2 N–H and O–H groups in total. The average molecular weight is 354 g/mol. The van der Waals surface area contributed by atoms with Gasteiger partial charge in [0.25, 0.3) is 0 Å². The first-order valence-corrected chi connectivity index (χ1v) is 8.30. The number of halogens is 1. The van der Waals surface area contributed by atoms with E-state index < -0.39 is 11.8 Å². The van der Waals surface area contributed by atoms with Gasteiger partial charge in [-0.2, -0.15) is 10.3 Å². The van der Waals surface area contributed by atoms with Crippen molar-refractivity contribution in [3.8, 4) is 6.07 Å². The smallest absolute Gasteiger partial charge is 0.345 e. The van der Waals surface area contributed by atoms with Gasteiger partial charge in [0, 0.05) is 26.2 Å². The monoisotopic (exact) mass is 354 g/mol. The molecule has 6 nitrogen and oxygen atoms in total. The molecule has 0 fully saturated rings. The zero-order valence-corrected chi connectivity index (χ0v) is 14.4. The summed E-state index contributed by atoms with van der Waals surface area (Å²) in [6.45, 7) is 1.18. The van der Waals surface area contributed by atoms with Crippen LogP contribution in [0.25, 0.3) is 0 Å². The van der Waals surface area contributed by atoms with Gasteiger partial charge in [-0.05, 0) is 42.2 Å². The van der Waals surface area contributed by atoms with E-state index in [0.717, 1.165) is 23.6 Å². The largest absolute Gasteiger partial charge is 0.365 e. The van der Waals surface area contributed by atoms with Gasteiger partial charge < -0.3 is 10.2 Å². The van der Waals surface area contributed by atoms with Crippen LogP contribution in [0.3, 0.4) is 0 Å². The lowest BCUT2D eigenvalue weighted by Crippen LogP contribution is -2.36. The van der Waals surface area contributed by atoms with E-state index in [0.29, 0.717) is 35.8 Å². The summed E-state index contributed by atoms with van der Waals surface area (Å²) >= 11 is 0. The van der Waals surface area contributed by atoms with Gasteiger partial charge in [0.15, 0.2) is 0 Å². The number of carbonyl (C=O) groups is 1. The van der Waals surface area contributed by atoms with Crippen molar-refractivity contribution in [3.63, 3.8) is 0 Å². The number of anilines is 2. The van der Waals surface area contributed by atoms with Crippen molar-refractivity contribution >= 4 is 17.4 Å². The number of nitrogens with one attached hydrogen (secondary N) is 1. The Bertz CT molecular complexity index is 878. The second-order valence-corrected chi connectivity index (χ2v) is 6.14. The highest BCUT2D eigenvalue weighted by Crippen LogP contribution is 2.34. The predicted octanol–water partition coefficient (Wildman–Crippen LogP) is 3.19. The highest BCUT2D eigenvalue weighted by Gasteiger charge is 2.24. The number of aryl methyl sites for hydroxylation is 1. The van der Waals surface area contributed by atoms with Crippen LogP contribution in [-0.4, -0.2) is 24.8 Å². The third-order valence-corrected chi connectivity index (χ3v) is 4.40. The van der Waals surface area contributed by atoms with Crippen LogP contribution in [0, 0.1) is 17.1 Å². The minimum atomic E-state index is -0.731. The van der Waals surface area contributed by atoms with Gasteiger partial charge in [0.2, 0.25) is 0 Å². The molecule has 0 atom stereocenters. The fraction of sp³-hybridized carbons (Fsp3) is 0.263. The standard InChI is InChI=1S/C19H19FN4O2/c1-22-19(25)24(26)16-9-15-6-3-7-23(18(15)17(20)10-16)12-14-5-2-4-13(8-14)11-21/h2,4-5,8-10,26H,3,6-7,12H2,1H3,(H,22,25). The number of benzene rings is 2. The lowest BCUT2D eigenvalue weighted by atomic mass is 9.99. The highest BCUT2D eigenvalue weighted by atomic mass is 19.1. The normalized spacial score (nSPS) is 12.9. The summed E-state index contributed by atoms with van der Waals surface area (Å²) in [4.78, 5) is 13.5. The molecule has 2 aromatic rings. The zero-order chi connectivity index (χ0) is 18.7. The molecule has 2 amide bonds. The summed E-state index contributed by atoms with van der Waals surface area (Å²) in [5.74, 6) is -0.489. The number of urea groups is 1. The van der Waals surface area contributed by atoms with Crippen molar-refractivity contribution in [1.29, 1.82) is 5.26 Å². The lowest BCUT2D eigenvalue weighted by molar-refractivity contribution is 0.206. The molecule has 0 saturated carbocycles. The molecule has 7 heteroatoms. The predicted molar refractivity (Wildman–Crippen MR) is 95.6 cm³/mol. The Balaban J connectivity index is 1.92. The zero-order valence-electron chi connectivity index (χ0n) is 14.4. The van der Waals surface area contributed by atoms with E-state index >= 15 is 0 Å². The molecule has 3 rings (SSSR count). The van der Waals surface area contributed by atoms with Gasteiger partial charge >= 0.3 is 6.03 Å². The van der Waals surface area contributed by atoms with E-state index in [1.807, 2.05) is 17.0 Å². The van der Waals surface area contributed by atoms with Crippen molar-refractivity contribution in [3.05, 3.63) is 58.9 Å². The third-order valence-electron chi connectivity index (χ3n) is 4.40. The van der Waals surface area contributed by atoms with Crippen LogP contribution in [0.5, 0.6) is 0 Å². The summed E-state index contributed by atoms with van der Waals surface area (Å²) in [6, 6.07) is 11.4. The van der Waals surface area contributed by atoms with Crippen LogP contribution >= 0.6 is 0 Å². The first-order chi connectivity index (χ1) is 12.5. The van der Waals surface area contributed by atoms with Gasteiger partial charge in [-0.15, -0.1) is 0 Å². The van der Waals surface area contributed by atoms with E-state index in [1.54, 1.807) is 18.2 Å². The number of hydroxylamine groups is 1. The van der Waals surface area contributed by atoms with Crippen molar-refractivity contribution in [2.45, 2.75) is 19.4 Å². The molecule has 1 heterocycles. The molecule has 0 aromatic heterocycles. The maximum atomic E-state index is 14.8. The number of fused-ring (bicyclic) bond motifs is 1. The molecular weight excluding hydrogens is 335 g/mol. The average Bonchev–Trinajstić information content (AvgIpc) is 2.66. The lowest BCUT2D eigenvalue weighted by Gasteiger charge is -2.32. The molecule has 0 bridgehead atoms. The number of rotatable bonds is 3. The van der Waals surface area contributed by atoms with Crippen molar-refractivity contribution < 1.29 is 14.4 Å². The molecule has 0 unspecified atom stereocenters. The van der Waals surface area contributed by atoms with Crippen molar-refractivity contribution in [2.75, 3.05) is 23.6 Å². The third kappa shape index (κ3) is 3.46. The quantitative estimate of drug-likeness (QED) is 0.655. The van der Waals surface area contributed by atoms with Gasteiger partial charge in [-0.3, -0.25) is 5.21 Å². The summed E-state index contributed by atoms with van der Waals surface area (Å²) < 4.78 is 14.8. The van der Waals surface area contributed by atoms with Gasteiger partial charge in [0.05, 0.1) is 23.0 Å². The topological polar surface area (TPSA) is 79.6 Å². The van der Waals surface area contributed by atoms with Crippen LogP contribution in [0.1, 0.15) is 23.1 Å². The Morgan fingerprint density at radius 1 is 1.42 bits per heavy atom. The fourth-order valence-electron chi connectivity index (χ4n) is 3.22. The van der Waals surface area contributed by atoms with Crippen molar-refractivity contribution in [2.24, 2.45) is 0 Å². The maximum absolute atomic E-state index is 14.8. The number of nitrogens with zero attached hydrogens (tertiary/aromatic N) is 3. The first-order valence-electron chi connectivity index (χ1n) is 8.30. The summed E-state index contributed by atoms with van der Waals surface area (Å²) in [7, 11) is 1.39. The Morgan fingerprint density at radius 3 is 2.96 bits per heavy atom. The second kappa shape index (κ2) is 7.42. The second-order valence-electron chi connectivity index (χ2n) is 6.14. The summed E-state index contributed by atoms with van der Waals surface area (Å²) in [6.07, 6.45) is 1.50. The molecule has 0 saturated heterocycles. The number of amides is 2. The molecule has 2 aromatic carbocycles. The van der Waals surface area contributed by atoms with Crippen molar-refractivity contribution in [1.82, 2.24) is 5.32 Å². The molecule has 0 radical (unpaired) electrons. The van der Waals surface area contributed by atoms with Gasteiger partial charge in [-0.25, -0.2) is 9.18 Å². The maximum Gasteiger partial charge on any atom is 0.345 e. The number of nitriles is 1. The van der Waals surface area contributed by atoms with Crippen LogP contribution in [0.2, 0.25) is 0 Å². The highest BCUT2D eigenvalue weighted by molar-refractivity contribution is 5.89. The van der Waals surface area contributed by atoms with Gasteiger partial charge in [0.1, 0.15) is 5.82 Å². The molecular formula is C19H19FN4O2. The van der Waals surface area contributed by atoms with E-state index in [-0.39, 0.29) is 5.69 Å². The first kappa shape index (κ1) is 17.7. The Morgan fingerprint density at radius 2 is 2.23 bits per heavy atom. The Labute approximate surface area is 151 Å². The van der Waals surface area contributed by atoms with E-state index in [2.05, 4.69) is 11.4 Å². The van der Waals surface area contributed by atoms with Crippen LogP contribution in [0.15, 0.2) is 36.4 Å². The molecule has 1 aliphatic rings. The number of carbonyl (C=O) groups excluding carboxylic acids is 1. The Hall–Kier alpha value is -3.11. The van der Waals surface area contributed by atoms with Crippen LogP contribution in [-0.2, 0) is 13.0 Å². The van der Waals surface area contributed by atoms with Crippen LogP contribution < -0.4 is 15.3 Å². The van der Waals surface area contributed by atoms with Gasteiger partial charge in [-0.1, -0.05) is 12.1 Å². The summed E-state index contributed by atoms with van der Waals surface area (Å²) in [5, 5.41) is 21.6. The SMILES string of the molecule is CNC(=O)N(O)c1cc(F)c2c(c1)CCCN2Cc1cccc(C#N)c1. The molecule has 26 heavy (non-hydrogen) atoms. The fourth-order valence-corrected chi connectivity index (χ4v) is 3.22. The number of hydrogen-bond acceptors (Lipinski definition) is 4. The molecule has 0 spiro atoms. The molecule has 1 aliphatic heterocycles. The van der Waals surface area contributed by atoms with Crippen LogP contribution in [0.4, 0.5) is 20.6 Å². The molecule has 0 aliphatic carbocycles. The molecule has 134 valence electrons. The van der Waals surface area contributed by atoms with E-state index in [9.17, 15) is 14.4 Å². The van der Waals surface area contributed by atoms with E-state index in [4.69, 9.17) is 5.26 Å². The minimum absolute atomic E-state index is 0.0916. The Kier molecular flexibility index (Phi) is 5.05. The number of hydrogen-bond donors (Lipinski definition) is 2.